The predicted molar refractivity (Wildman–Crippen MR) is 121 cm³/mol. The number of nitrogens with one attached hydrogen (secondary N) is 1. The molecule has 0 bridgehead atoms. The average Bonchev–Trinajstić information content (AvgIpc) is 3.22. The number of rotatable bonds is 8. The van der Waals surface area contributed by atoms with Crippen molar-refractivity contribution in [3.8, 4) is 11.5 Å². The van der Waals surface area contributed by atoms with E-state index in [1.165, 1.54) is 24.8 Å². The smallest absolute Gasteiger partial charge is 0.224 e. The summed E-state index contributed by atoms with van der Waals surface area (Å²) in [6, 6.07) is 14.0. The first-order chi connectivity index (χ1) is 15.2. The van der Waals surface area contributed by atoms with E-state index >= 15 is 0 Å². The van der Waals surface area contributed by atoms with Crippen LogP contribution in [-0.2, 0) is 11.2 Å². The monoisotopic (exact) mass is 422 g/mol. The number of methoxy groups -OCH3 is 2. The number of furan rings is 1. The van der Waals surface area contributed by atoms with Gasteiger partial charge in [-0.1, -0.05) is 18.6 Å². The van der Waals surface area contributed by atoms with Crippen LogP contribution in [0.25, 0.3) is 11.0 Å². The molecule has 1 fully saturated rings. The van der Waals surface area contributed by atoms with Crippen molar-refractivity contribution in [3.63, 3.8) is 0 Å². The molecule has 0 radical (unpaired) electrons. The summed E-state index contributed by atoms with van der Waals surface area (Å²) in [7, 11) is 3.30. The Bertz CT molecular complexity index is 1010. The van der Waals surface area contributed by atoms with Gasteiger partial charge in [0.25, 0.3) is 0 Å². The van der Waals surface area contributed by atoms with Crippen LogP contribution in [0, 0.1) is 0 Å². The maximum Gasteiger partial charge on any atom is 0.224 e. The van der Waals surface area contributed by atoms with Crippen molar-refractivity contribution in [3.05, 3.63) is 59.9 Å². The van der Waals surface area contributed by atoms with Crippen molar-refractivity contribution in [2.75, 3.05) is 33.9 Å². The van der Waals surface area contributed by atoms with Crippen LogP contribution in [0.2, 0.25) is 0 Å². The molecular weight excluding hydrogens is 392 g/mol. The second-order valence-corrected chi connectivity index (χ2v) is 7.99. The number of hydrogen-bond donors (Lipinski definition) is 1. The minimum atomic E-state index is -0.00552. The lowest BCUT2D eigenvalue weighted by Crippen LogP contribution is -2.41. The van der Waals surface area contributed by atoms with Crippen LogP contribution >= 0.6 is 0 Å². The first kappa shape index (κ1) is 21.2. The van der Waals surface area contributed by atoms with E-state index in [0.717, 1.165) is 41.1 Å². The van der Waals surface area contributed by atoms with Crippen LogP contribution in [-0.4, -0.2) is 44.7 Å². The molecule has 0 saturated carbocycles. The van der Waals surface area contributed by atoms with Crippen molar-refractivity contribution >= 4 is 16.9 Å². The molecular formula is C25H30N2O4. The molecule has 1 amide bonds. The lowest BCUT2D eigenvalue weighted by molar-refractivity contribution is -0.120. The van der Waals surface area contributed by atoms with Gasteiger partial charge in [0.05, 0.1) is 32.9 Å². The summed E-state index contributed by atoms with van der Waals surface area (Å²) in [6.45, 7) is 2.69. The fraction of sp³-hybridized carbons (Fsp3) is 0.400. The van der Waals surface area contributed by atoms with Gasteiger partial charge in [-0.15, -0.1) is 0 Å². The summed E-state index contributed by atoms with van der Waals surface area (Å²) in [5, 5.41) is 4.10. The third kappa shape index (κ3) is 5.02. The Morgan fingerprint density at radius 1 is 1.03 bits per heavy atom. The fourth-order valence-electron chi connectivity index (χ4n) is 4.29. The SMILES string of the molecule is COc1ccc(C(CNC(=O)Cc2coc3cc(OC)ccc23)N2CCCCC2)cc1. The van der Waals surface area contributed by atoms with Gasteiger partial charge in [0.2, 0.25) is 5.91 Å². The number of piperidine rings is 1. The molecule has 0 aliphatic carbocycles. The molecule has 2 aromatic carbocycles. The van der Waals surface area contributed by atoms with Gasteiger partial charge in [-0.3, -0.25) is 9.69 Å². The second-order valence-electron chi connectivity index (χ2n) is 7.99. The van der Waals surface area contributed by atoms with Gasteiger partial charge < -0.3 is 19.2 Å². The Morgan fingerprint density at radius 3 is 2.45 bits per heavy atom. The molecule has 3 aromatic rings. The standard InChI is InChI=1S/C25H30N2O4/c1-29-20-8-6-18(7-9-20)23(27-12-4-3-5-13-27)16-26-25(28)14-19-17-31-24-15-21(30-2)10-11-22(19)24/h6-11,15,17,23H,3-5,12-14,16H2,1-2H3,(H,26,28). The minimum absolute atomic E-state index is 0.00552. The Morgan fingerprint density at radius 2 is 1.74 bits per heavy atom. The molecule has 6 nitrogen and oxygen atoms in total. The first-order valence-electron chi connectivity index (χ1n) is 10.9. The second kappa shape index (κ2) is 9.88. The molecule has 164 valence electrons. The van der Waals surface area contributed by atoms with E-state index in [-0.39, 0.29) is 18.4 Å². The topological polar surface area (TPSA) is 63.9 Å². The molecule has 1 saturated heterocycles. The van der Waals surface area contributed by atoms with E-state index in [2.05, 4.69) is 22.3 Å². The first-order valence-corrected chi connectivity index (χ1v) is 10.9. The number of benzene rings is 2. The van der Waals surface area contributed by atoms with Crippen molar-refractivity contribution in [2.45, 2.75) is 31.7 Å². The normalized spacial score (nSPS) is 15.5. The molecule has 1 aliphatic rings. The number of amides is 1. The molecule has 2 heterocycles. The highest BCUT2D eigenvalue weighted by atomic mass is 16.5. The third-order valence-corrected chi connectivity index (χ3v) is 6.04. The fourth-order valence-corrected chi connectivity index (χ4v) is 4.29. The van der Waals surface area contributed by atoms with Crippen LogP contribution in [0.4, 0.5) is 0 Å². The molecule has 0 spiro atoms. The Kier molecular flexibility index (Phi) is 6.77. The van der Waals surface area contributed by atoms with Crippen LogP contribution in [0.15, 0.2) is 53.1 Å². The van der Waals surface area contributed by atoms with Gasteiger partial charge in [0, 0.05) is 23.6 Å². The third-order valence-electron chi connectivity index (χ3n) is 6.04. The quantitative estimate of drug-likeness (QED) is 0.585. The van der Waals surface area contributed by atoms with E-state index in [1.807, 2.05) is 30.3 Å². The Balaban J connectivity index is 1.44. The van der Waals surface area contributed by atoms with Crippen LogP contribution in [0.5, 0.6) is 11.5 Å². The van der Waals surface area contributed by atoms with Crippen molar-refractivity contribution in [1.82, 2.24) is 10.2 Å². The zero-order chi connectivity index (χ0) is 21.6. The molecule has 1 aliphatic heterocycles. The van der Waals surface area contributed by atoms with Crippen molar-refractivity contribution in [2.24, 2.45) is 0 Å². The van der Waals surface area contributed by atoms with E-state index < -0.39 is 0 Å². The zero-order valence-electron chi connectivity index (χ0n) is 18.2. The van der Waals surface area contributed by atoms with Crippen LogP contribution in [0.3, 0.4) is 0 Å². The number of carbonyl (C=O) groups excluding carboxylic acids is 1. The van der Waals surface area contributed by atoms with Gasteiger partial charge in [-0.2, -0.15) is 0 Å². The molecule has 1 atom stereocenters. The summed E-state index contributed by atoms with van der Waals surface area (Å²) in [6.07, 6.45) is 5.62. The van der Waals surface area contributed by atoms with E-state index in [4.69, 9.17) is 13.9 Å². The average molecular weight is 423 g/mol. The number of carbonyl (C=O) groups is 1. The van der Waals surface area contributed by atoms with E-state index in [1.54, 1.807) is 20.5 Å². The summed E-state index contributed by atoms with van der Waals surface area (Å²) in [4.78, 5) is 15.3. The lowest BCUT2D eigenvalue weighted by atomic mass is 10.0. The number of hydrogen-bond acceptors (Lipinski definition) is 5. The number of likely N-dealkylation sites (tertiary alicyclic amines) is 1. The molecule has 1 aromatic heterocycles. The van der Waals surface area contributed by atoms with Gasteiger partial charge in [0.1, 0.15) is 17.1 Å². The Labute approximate surface area is 183 Å². The number of fused-ring (bicyclic) bond motifs is 1. The molecule has 6 heteroatoms. The highest BCUT2D eigenvalue weighted by Gasteiger charge is 2.23. The van der Waals surface area contributed by atoms with E-state index in [9.17, 15) is 4.79 Å². The molecule has 4 rings (SSSR count). The maximum atomic E-state index is 12.8. The maximum absolute atomic E-state index is 12.8. The van der Waals surface area contributed by atoms with Crippen molar-refractivity contribution in [1.29, 1.82) is 0 Å². The van der Waals surface area contributed by atoms with Gasteiger partial charge in [0.15, 0.2) is 0 Å². The highest BCUT2D eigenvalue weighted by Crippen LogP contribution is 2.27. The largest absolute Gasteiger partial charge is 0.497 e. The Hall–Kier alpha value is -2.99. The predicted octanol–water partition coefficient (Wildman–Crippen LogP) is 4.34. The summed E-state index contributed by atoms with van der Waals surface area (Å²) in [5.74, 6) is 1.57. The summed E-state index contributed by atoms with van der Waals surface area (Å²) >= 11 is 0. The molecule has 1 unspecified atom stereocenters. The van der Waals surface area contributed by atoms with Gasteiger partial charge in [-0.05, 0) is 55.8 Å². The highest BCUT2D eigenvalue weighted by molar-refractivity contribution is 5.88. The number of ether oxygens (including phenoxy) is 2. The number of nitrogens with zero attached hydrogens (tertiary/aromatic N) is 1. The lowest BCUT2D eigenvalue weighted by Gasteiger charge is -2.35. The summed E-state index contributed by atoms with van der Waals surface area (Å²) < 4.78 is 16.2. The molecule has 31 heavy (non-hydrogen) atoms. The molecule has 1 N–H and O–H groups in total. The zero-order valence-corrected chi connectivity index (χ0v) is 18.2. The van der Waals surface area contributed by atoms with Crippen molar-refractivity contribution < 1.29 is 18.7 Å². The summed E-state index contributed by atoms with van der Waals surface area (Å²) in [5.41, 5.74) is 2.81. The van der Waals surface area contributed by atoms with Crippen LogP contribution in [0.1, 0.15) is 36.4 Å². The minimum Gasteiger partial charge on any atom is -0.497 e. The van der Waals surface area contributed by atoms with Gasteiger partial charge in [-0.25, -0.2) is 0 Å². The van der Waals surface area contributed by atoms with Gasteiger partial charge >= 0.3 is 0 Å². The van der Waals surface area contributed by atoms with Crippen LogP contribution < -0.4 is 14.8 Å². The van der Waals surface area contributed by atoms with E-state index in [0.29, 0.717) is 6.54 Å².